The molecule has 0 bridgehead atoms. The summed E-state index contributed by atoms with van der Waals surface area (Å²) in [6.07, 6.45) is 6.40. The lowest BCUT2D eigenvalue weighted by molar-refractivity contribution is 0.354. The van der Waals surface area contributed by atoms with Gasteiger partial charge in [0.05, 0.1) is 12.0 Å². The zero-order valence-electron chi connectivity index (χ0n) is 9.51. The van der Waals surface area contributed by atoms with Crippen LogP contribution in [0.1, 0.15) is 24.0 Å². The minimum atomic E-state index is 0.228. The van der Waals surface area contributed by atoms with Crippen molar-refractivity contribution >= 4 is 27.5 Å². The van der Waals surface area contributed by atoms with Gasteiger partial charge in [-0.25, -0.2) is 0 Å². The Hall–Kier alpha value is -0.470. The molecule has 1 aromatic rings. The molecule has 3 rings (SSSR count). The Morgan fingerprint density at radius 2 is 2.24 bits per heavy atom. The van der Waals surface area contributed by atoms with Crippen molar-refractivity contribution < 1.29 is 4.74 Å². The molecule has 0 aromatic heterocycles. The van der Waals surface area contributed by atoms with Crippen molar-refractivity contribution in [2.75, 3.05) is 6.61 Å². The number of hydrogen-bond acceptors (Lipinski definition) is 1. The van der Waals surface area contributed by atoms with Gasteiger partial charge in [-0.1, -0.05) is 27.6 Å². The molecule has 0 spiro atoms. The monoisotopic (exact) mass is 312 g/mol. The van der Waals surface area contributed by atoms with Crippen molar-refractivity contribution in [3.8, 4) is 5.75 Å². The van der Waals surface area contributed by atoms with E-state index in [2.05, 4.69) is 34.1 Å². The molecule has 0 N–H and O–H groups in total. The van der Waals surface area contributed by atoms with Gasteiger partial charge >= 0.3 is 0 Å². The van der Waals surface area contributed by atoms with E-state index in [1.807, 2.05) is 0 Å². The average Bonchev–Trinajstić information content (AvgIpc) is 2.87. The summed E-state index contributed by atoms with van der Waals surface area (Å²) in [5, 5.41) is 0.228. The van der Waals surface area contributed by atoms with Crippen molar-refractivity contribution in [2.24, 2.45) is 0 Å². The van der Waals surface area contributed by atoms with Crippen LogP contribution in [0.15, 0.2) is 28.3 Å². The second-order valence-electron chi connectivity index (χ2n) is 4.71. The second-order valence-corrected chi connectivity index (χ2v) is 6.18. The molecule has 1 aromatic carbocycles. The number of hydrogen-bond donors (Lipinski definition) is 0. The Morgan fingerprint density at radius 3 is 3.00 bits per heavy atom. The maximum atomic E-state index is 6.10. The second kappa shape index (κ2) is 4.66. The van der Waals surface area contributed by atoms with Crippen LogP contribution in [0, 0.1) is 0 Å². The van der Waals surface area contributed by atoms with Crippen LogP contribution in [0.2, 0.25) is 0 Å². The molecule has 1 aliphatic carbocycles. The Morgan fingerprint density at radius 1 is 1.35 bits per heavy atom. The first kappa shape index (κ1) is 11.6. The zero-order chi connectivity index (χ0) is 11.8. The van der Waals surface area contributed by atoms with Crippen LogP contribution in [-0.2, 0) is 12.8 Å². The summed E-state index contributed by atoms with van der Waals surface area (Å²) in [7, 11) is 0. The standard InChI is InChI=1S/C14H14BrClO/c15-12-7-10-3-4-17-14(10)11(8-12)5-9-1-2-13(16)6-9/h6-8,13H,1-5H2. The van der Waals surface area contributed by atoms with Crippen molar-refractivity contribution in [3.63, 3.8) is 0 Å². The SMILES string of the molecule is ClC1C=C(Cc2cc(Br)cc3c2OCC3)CC1. The molecule has 1 unspecified atom stereocenters. The Balaban J connectivity index is 1.90. The molecule has 0 saturated heterocycles. The lowest BCUT2D eigenvalue weighted by atomic mass is 10.0. The smallest absolute Gasteiger partial charge is 0.126 e. The van der Waals surface area contributed by atoms with Crippen LogP contribution in [0.5, 0.6) is 5.75 Å². The highest BCUT2D eigenvalue weighted by Crippen LogP contribution is 2.36. The van der Waals surface area contributed by atoms with Crippen LogP contribution in [0.25, 0.3) is 0 Å². The summed E-state index contributed by atoms with van der Waals surface area (Å²) in [4.78, 5) is 0. The van der Waals surface area contributed by atoms with Gasteiger partial charge in [-0.05, 0) is 42.5 Å². The first-order valence-electron chi connectivity index (χ1n) is 6.00. The first-order chi connectivity index (χ1) is 8.22. The molecule has 1 aliphatic heterocycles. The minimum Gasteiger partial charge on any atom is -0.493 e. The Bertz CT molecular complexity index is 481. The number of allylic oxidation sites excluding steroid dienone is 2. The number of rotatable bonds is 2. The van der Waals surface area contributed by atoms with Crippen molar-refractivity contribution in [3.05, 3.63) is 39.4 Å². The highest BCUT2D eigenvalue weighted by atomic mass is 79.9. The van der Waals surface area contributed by atoms with Crippen LogP contribution in [0.4, 0.5) is 0 Å². The molecule has 3 heteroatoms. The third-order valence-corrected chi connectivity index (χ3v) is 4.20. The van der Waals surface area contributed by atoms with Gasteiger partial charge in [0.1, 0.15) is 5.75 Å². The molecule has 17 heavy (non-hydrogen) atoms. The van der Waals surface area contributed by atoms with Gasteiger partial charge in [0.2, 0.25) is 0 Å². The maximum Gasteiger partial charge on any atom is 0.126 e. The van der Waals surface area contributed by atoms with E-state index in [0.717, 1.165) is 42.5 Å². The average molecular weight is 314 g/mol. The van der Waals surface area contributed by atoms with Crippen molar-refractivity contribution in [2.45, 2.75) is 31.1 Å². The van der Waals surface area contributed by atoms with Gasteiger partial charge in [-0.3, -0.25) is 0 Å². The van der Waals surface area contributed by atoms with Gasteiger partial charge in [0.15, 0.2) is 0 Å². The molecule has 90 valence electrons. The number of benzene rings is 1. The third kappa shape index (κ3) is 2.38. The number of halogens is 2. The highest BCUT2D eigenvalue weighted by Gasteiger charge is 2.20. The lowest BCUT2D eigenvalue weighted by Gasteiger charge is -2.09. The van der Waals surface area contributed by atoms with E-state index in [9.17, 15) is 0 Å². The molecule has 0 saturated carbocycles. The normalized spacial score (nSPS) is 22.2. The quantitative estimate of drug-likeness (QED) is 0.586. The maximum absolute atomic E-state index is 6.10. The predicted molar refractivity (Wildman–Crippen MR) is 74.0 cm³/mol. The summed E-state index contributed by atoms with van der Waals surface area (Å²) in [5.41, 5.74) is 4.07. The van der Waals surface area contributed by atoms with E-state index in [-0.39, 0.29) is 5.38 Å². The van der Waals surface area contributed by atoms with Crippen molar-refractivity contribution in [1.29, 1.82) is 0 Å². The van der Waals surface area contributed by atoms with E-state index < -0.39 is 0 Å². The molecular formula is C14H14BrClO. The minimum absolute atomic E-state index is 0.228. The number of ether oxygens (including phenoxy) is 1. The predicted octanol–water partition coefficient (Wildman–Crippen LogP) is 4.25. The number of fused-ring (bicyclic) bond motifs is 1. The summed E-state index contributed by atoms with van der Waals surface area (Å²) in [5.74, 6) is 1.10. The van der Waals surface area contributed by atoms with Crippen molar-refractivity contribution in [1.82, 2.24) is 0 Å². The van der Waals surface area contributed by atoms with E-state index in [4.69, 9.17) is 16.3 Å². The number of alkyl halides is 1. The summed E-state index contributed by atoms with van der Waals surface area (Å²) < 4.78 is 6.89. The molecule has 2 aliphatic rings. The fourth-order valence-electron chi connectivity index (χ4n) is 2.61. The Labute approximate surface area is 115 Å². The highest BCUT2D eigenvalue weighted by molar-refractivity contribution is 9.10. The fourth-order valence-corrected chi connectivity index (χ4v) is 3.45. The zero-order valence-corrected chi connectivity index (χ0v) is 11.9. The molecule has 0 radical (unpaired) electrons. The van der Waals surface area contributed by atoms with E-state index in [1.54, 1.807) is 0 Å². The molecule has 0 fully saturated rings. The van der Waals surface area contributed by atoms with E-state index >= 15 is 0 Å². The lowest BCUT2D eigenvalue weighted by Crippen LogP contribution is -1.94. The summed E-state index contributed by atoms with van der Waals surface area (Å²) in [6, 6.07) is 4.34. The summed E-state index contributed by atoms with van der Waals surface area (Å²) in [6.45, 7) is 0.815. The van der Waals surface area contributed by atoms with Gasteiger partial charge in [-0.2, -0.15) is 0 Å². The summed E-state index contributed by atoms with van der Waals surface area (Å²) >= 11 is 9.68. The Kier molecular flexibility index (Phi) is 3.18. The van der Waals surface area contributed by atoms with Gasteiger partial charge in [0, 0.05) is 10.9 Å². The van der Waals surface area contributed by atoms with Gasteiger partial charge < -0.3 is 4.74 Å². The van der Waals surface area contributed by atoms with E-state index in [1.165, 1.54) is 16.7 Å². The fraction of sp³-hybridized carbons (Fsp3) is 0.429. The molecular weight excluding hydrogens is 300 g/mol. The van der Waals surface area contributed by atoms with Gasteiger partial charge in [0.25, 0.3) is 0 Å². The van der Waals surface area contributed by atoms with Crippen LogP contribution in [0.3, 0.4) is 0 Å². The molecule has 1 atom stereocenters. The molecule has 0 amide bonds. The van der Waals surface area contributed by atoms with Crippen LogP contribution < -0.4 is 4.74 Å². The molecule has 1 heterocycles. The van der Waals surface area contributed by atoms with E-state index in [0.29, 0.717) is 0 Å². The first-order valence-corrected chi connectivity index (χ1v) is 7.23. The van der Waals surface area contributed by atoms with Gasteiger partial charge in [-0.15, -0.1) is 11.6 Å². The topological polar surface area (TPSA) is 9.23 Å². The van der Waals surface area contributed by atoms with Crippen LogP contribution in [-0.4, -0.2) is 12.0 Å². The molecule has 1 nitrogen and oxygen atoms in total. The largest absolute Gasteiger partial charge is 0.493 e. The third-order valence-electron chi connectivity index (χ3n) is 3.40. The van der Waals surface area contributed by atoms with Crippen LogP contribution >= 0.6 is 27.5 Å².